The molecule has 112 valence electrons. The van der Waals surface area contributed by atoms with E-state index in [1.807, 2.05) is 13.8 Å². The lowest BCUT2D eigenvalue weighted by Crippen LogP contribution is -2.22. The minimum absolute atomic E-state index is 0.197. The number of ether oxygens (including phenoxy) is 1. The Morgan fingerprint density at radius 1 is 1.10 bits per heavy atom. The number of rotatable bonds is 5. The van der Waals surface area contributed by atoms with Gasteiger partial charge in [-0.15, -0.1) is 0 Å². The second kappa shape index (κ2) is 6.68. The maximum atomic E-state index is 13.8. The summed E-state index contributed by atoms with van der Waals surface area (Å²) in [6.07, 6.45) is 0. The summed E-state index contributed by atoms with van der Waals surface area (Å²) in [6.45, 7) is 4.57. The lowest BCUT2D eigenvalue weighted by Gasteiger charge is -2.14. The zero-order valence-electron chi connectivity index (χ0n) is 12.4. The van der Waals surface area contributed by atoms with Crippen LogP contribution in [0.4, 0.5) is 8.78 Å². The smallest absolute Gasteiger partial charge is 0.165 e. The first-order valence-electron chi connectivity index (χ1n) is 6.87. The van der Waals surface area contributed by atoms with E-state index in [9.17, 15) is 8.78 Å². The van der Waals surface area contributed by atoms with Crippen LogP contribution in [0.5, 0.6) is 5.75 Å². The minimum atomic E-state index is -0.429. The first-order valence-corrected chi connectivity index (χ1v) is 6.87. The fourth-order valence-corrected chi connectivity index (χ4v) is 2.14. The van der Waals surface area contributed by atoms with Crippen LogP contribution in [0.2, 0.25) is 0 Å². The molecule has 0 saturated heterocycles. The third-order valence-corrected chi connectivity index (χ3v) is 3.23. The predicted molar refractivity (Wildman–Crippen MR) is 80.3 cm³/mol. The highest BCUT2D eigenvalue weighted by atomic mass is 19.1. The molecule has 0 aliphatic heterocycles. The second-order valence-electron chi connectivity index (χ2n) is 5.19. The van der Waals surface area contributed by atoms with Gasteiger partial charge < -0.3 is 10.1 Å². The highest BCUT2D eigenvalue weighted by molar-refractivity contribution is 5.68. The highest BCUT2D eigenvalue weighted by Crippen LogP contribution is 2.28. The topological polar surface area (TPSA) is 21.3 Å². The number of hydrogen-bond acceptors (Lipinski definition) is 2. The summed E-state index contributed by atoms with van der Waals surface area (Å²) in [5.74, 6) is -0.530. The summed E-state index contributed by atoms with van der Waals surface area (Å²) in [5, 5.41) is 3.25. The van der Waals surface area contributed by atoms with E-state index in [2.05, 4.69) is 5.32 Å². The molecule has 0 amide bonds. The molecule has 4 heteroatoms. The van der Waals surface area contributed by atoms with E-state index in [1.165, 1.54) is 25.3 Å². The van der Waals surface area contributed by atoms with Gasteiger partial charge in [0, 0.05) is 12.6 Å². The molecule has 0 fully saturated rings. The highest BCUT2D eigenvalue weighted by Gasteiger charge is 2.10. The van der Waals surface area contributed by atoms with Gasteiger partial charge in [0.25, 0.3) is 0 Å². The van der Waals surface area contributed by atoms with Crippen molar-refractivity contribution in [2.45, 2.75) is 26.4 Å². The van der Waals surface area contributed by atoms with Gasteiger partial charge in [0.1, 0.15) is 5.82 Å². The molecule has 2 aromatic rings. The van der Waals surface area contributed by atoms with E-state index in [-0.39, 0.29) is 17.6 Å². The summed E-state index contributed by atoms with van der Waals surface area (Å²) in [4.78, 5) is 0. The number of nitrogens with one attached hydrogen (secondary N) is 1. The van der Waals surface area contributed by atoms with Crippen molar-refractivity contribution in [2.24, 2.45) is 0 Å². The summed E-state index contributed by atoms with van der Waals surface area (Å²) < 4.78 is 32.2. The number of methoxy groups -OCH3 is 1. The molecule has 1 N–H and O–H groups in total. The van der Waals surface area contributed by atoms with Crippen LogP contribution in [0, 0.1) is 11.6 Å². The molecule has 2 nitrogen and oxygen atoms in total. The van der Waals surface area contributed by atoms with E-state index in [1.54, 1.807) is 18.2 Å². The van der Waals surface area contributed by atoms with Gasteiger partial charge in [-0.2, -0.15) is 0 Å². The molecule has 0 aliphatic carbocycles. The van der Waals surface area contributed by atoms with Gasteiger partial charge in [0.2, 0.25) is 0 Å². The van der Waals surface area contributed by atoms with Gasteiger partial charge in [-0.3, -0.25) is 0 Å². The zero-order chi connectivity index (χ0) is 15.4. The summed E-state index contributed by atoms with van der Waals surface area (Å²) in [6, 6.07) is 9.58. The molecular weight excluding hydrogens is 272 g/mol. The van der Waals surface area contributed by atoms with E-state index >= 15 is 0 Å². The lowest BCUT2D eigenvalue weighted by molar-refractivity contribution is 0.386. The number of benzene rings is 2. The molecular formula is C17H19F2NO. The number of halogens is 2. The Morgan fingerprint density at radius 2 is 1.86 bits per heavy atom. The van der Waals surface area contributed by atoms with Gasteiger partial charge in [-0.05, 0) is 41.0 Å². The van der Waals surface area contributed by atoms with Crippen LogP contribution in [0.3, 0.4) is 0 Å². The van der Waals surface area contributed by atoms with Crippen LogP contribution >= 0.6 is 0 Å². The Labute approximate surface area is 123 Å². The lowest BCUT2D eigenvalue weighted by atomic mass is 9.99. The van der Waals surface area contributed by atoms with Crippen LogP contribution < -0.4 is 10.1 Å². The molecule has 0 saturated carbocycles. The molecule has 0 atom stereocenters. The molecule has 0 aromatic heterocycles. The molecule has 0 bridgehead atoms. The zero-order valence-corrected chi connectivity index (χ0v) is 12.4. The Hall–Kier alpha value is -1.94. The fraction of sp³-hybridized carbons (Fsp3) is 0.294. The van der Waals surface area contributed by atoms with Gasteiger partial charge in [-0.25, -0.2) is 8.78 Å². The first-order chi connectivity index (χ1) is 10.0. The van der Waals surface area contributed by atoms with Crippen molar-refractivity contribution in [1.82, 2.24) is 5.32 Å². The van der Waals surface area contributed by atoms with E-state index in [4.69, 9.17) is 4.74 Å². The normalized spacial score (nSPS) is 11.0. The van der Waals surface area contributed by atoms with Gasteiger partial charge in [0.05, 0.1) is 7.11 Å². The van der Waals surface area contributed by atoms with Gasteiger partial charge >= 0.3 is 0 Å². The molecule has 0 aliphatic rings. The maximum Gasteiger partial charge on any atom is 0.165 e. The van der Waals surface area contributed by atoms with Crippen LogP contribution in [0.25, 0.3) is 11.1 Å². The standard InChI is InChI=1S/C17H19F2NO/c1-11(2)20-10-13-8-14(18)5-6-15(13)12-4-7-17(21-3)16(19)9-12/h4-9,11,20H,10H2,1-3H3. The minimum Gasteiger partial charge on any atom is -0.494 e. The van der Waals surface area contributed by atoms with Crippen molar-refractivity contribution in [3.63, 3.8) is 0 Å². The molecule has 2 rings (SSSR count). The van der Waals surface area contributed by atoms with Crippen molar-refractivity contribution in [2.75, 3.05) is 7.11 Å². The van der Waals surface area contributed by atoms with Crippen molar-refractivity contribution in [3.8, 4) is 16.9 Å². The molecule has 0 radical (unpaired) electrons. The van der Waals surface area contributed by atoms with Gasteiger partial charge in [0.15, 0.2) is 11.6 Å². The molecule has 0 heterocycles. The molecule has 0 unspecified atom stereocenters. The summed E-state index contributed by atoms with van der Waals surface area (Å²) in [5.41, 5.74) is 2.31. The third kappa shape index (κ3) is 3.79. The summed E-state index contributed by atoms with van der Waals surface area (Å²) in [7, 11) is 1.42. The SMILES string of the molecule is COc1ccc(-c2ccc(F)cc2CNC(C)C)cc1F. The monoisotopic (exact) mass is 291 g/mol. The molecule has 0 spiro atoms. The Bertz CT molecular complexity index is 626. The van der Waals surface area contributed by atoms with E-state index < -0.39 is 5.82 Å². The van der Waals surface area contributed by atoms with Crippen LogP contribution in [-0.2, 0) is 6.54 Å². The maximum absolute atomic E-state index is 13.8. The van der Waals surface area contributed by atoms with E-state index in [0.717, 1.165) is 11.1 Å². The third-order valence-electron chi connectivity index (χ3n) is 3.23. The second-order valence-corrected chi connectivity index (χ2v) is 5.19. The van der Waals surface area contributed by atoms with Crippen LogP contribution in [0.15, 0.2) is 36.4 Å². The summed E-state index contributed by atoms with van der Waals surface area (Å²) >= 11 is 0. The Balaban J connectivity index is 2.40. The Morgan fingerprint density at radius 3 is 2.48 bits per heavy atom. The van der Waals surface area contributed by atoms with Crippen molar-refractivity contribution in [3.05, 3.63) is 53.6 Å². The van der Waals surface area contributed by atoms with Crippen LogP contribution in [0.1, 0.15) is 19.4 Å². The predicted octanol–water partition coefficient (Wildman–Crippen LogP) is 4.14. The van der Waals surface area contributed by atoms with Crippen molar-refractivity contribution in [1.29, 1.82) is 0 Å². The molecule has 21 heavy (non-hydrogen) atoms. The average Bonchev–Trinajstić information content (AvgIpc) is 2.45. The van der Waals surface area contributed by atoms with E-state index in [0.29, 0.717) is 12.1 Å². The Kier molecular flexibility index (Phi) is 4.91. The average molecular weight is 291 g/mol. The largest absolute Gasteiger partial charge is 0.494 e. The number of hydrogen-bond donors (Lipinski definition) is 1. The van der Waals surface area contributed by atoms with Crippen molar-refractivity contribution < 1.29 is 13.5 Å². The van der Waals surface area contributed by atoms with Crippen molar-refractivity contribution >= 4 is 0 Å². The first kappa shape index (κ1) is 15.4. The quantitative estimate of drug-likeness (QED) is 0.894. The van der Waals surface area contributed by atoms with Crippen LogP contribution in [-0.4, -0.2) is 13.2 Å². The fourth-order valence-electron chi connectivity index (χ4n) is 2.14. The molecule has 2 aromatic carbocycles. The van der Waals surface area contributed by atoms with Gasteiger partial charge in [-0.1, -0.05) is 26.0 Å².